The Morgan fingerprint density at radius 1 is 1.34 bits per heavy atom. The largest absolute Gasteiger partial charge is 0.495 e. The number of anilines is 2. The molecule has 1 amide bonds. The molecule has 2 aromatic heterocycles. The predicted octanol–water partition coefficient (Wildman–Crippen LogP) is 4.84. The molecule has 3 rings (SSSR count). The highest BCUT2D eigenvalue weighted by Gasteiger charge is 2.26. The average Bonchev–Trinajstić information content (AvgIpc) is 3.31. The third-order valence-electron chi connectivity index (χ3n) is 4.52. The Morgan fingerprint density at radius 3 is 2.66 bits per heavy atom. The Balaban J connectivity index is 1.94. The van der Waals surface area contributed by atoms with Gasteiger partial charge < -0.3 is 20.2 Å². The Labute approximate surface area is 193 Å². The van der Waals surface area contributed by atoms with Gasteiger partial charge in [0, 0.05) is 5.69 Å². The number of pyridine rings is 1. The van der Waals surface area contributed by atoms with E-state index in [1.165, 1.54) is 13.4 Å². The maximum Gasteiger partial charge on any atom is 0.237 e. The first-order chi connectivity index (χ1) is 15.4. The first kappa shape index (κ1) is 23.0. The van der Waals surface area contributed by atoms with Gasteiger partial charge in [-0.15, -0.1) is 0 Å². The van der Waals surface area contributed by atoms with Crippen LogP contribution in [0.1, 0.15) is 24.5 Å². The van der Waals surface area contributed by atoms with Gasteiger partial charge in [-0.2, -0.15) is 10.5 Å². The molecule has 0 aliphatic rings. The van der Waals surface area contributed by atoms with Crippen molar-refractivity contribution in [2.75, 3.05) is 18.2 Å². The van der Waals surface area contributed by atoms with Crippen LogP contribution in [0.2, 0.25) is 5.02 Å². The van der Waals surface area contributed by atoms with E-state index >= 15 is 0 Å². The molecule has 0 aliphatic carbocycles. The third-order valence-corrected chi connectivity index (χ3v) is 6.17. The predicted molar refractivity (Wildman–Crippen MR) is 122 cm³/mol. The Bertz CT molecular complexity index is 1230. The molecule has 0 aliphatic heterocycles. The molecule has 0 fully saturated rings. The minimum atomic E-state index is -0.590. The molecule has 0 radical (unpaired) electrons. The van der Waals surface area contributed by atoms with Crippen molar-refractivity contribution in [2.24, 2.45) is 0 Å². The molecule has 1 unspecified atom stereocenters. The van der Waals surface area contributed by atoms with Gasteiger partial charge >= 0.3 is 0 Å². The van der Waals surface area contributed by atoms with E-state index in [9.17, 15) is 15.3 Å². The molecule has 8 nitrogen and oxygen atoms in total. The first-order valence-corrected chi connectivity index (χ1v) is 10.7. The number of benzene rings is 1. The van der Waals surface area contributed by atoms with E-state index in [2.05, 4.69) is 16.4 Å². The van der Waals surface area contributed by atoms with Gasteiger partial charge in [0.1, 0.15) is 40.1 Å². The number of rotatable bonds is 7. The minimum absolute atomic E-state index is 0.0439. The summed E-state index contributed by atoms with van der Waals surface area (Å²) in [5, 5.41) is 22.2. The Morgan fingerprint density at radius 2 is 2.09 bits per heavy atom. The zero-order valence-electron chi connectivity index (χ0n) is 17.2. The number of halogens is 1. The van der Waals surface area contributed by atoms with Gasteiger partial charge in [0.25, 0.3) is 0 Å². The number of furan rings is 1. The van der Waals surface area contributed by atoms with Gasteiger partial charge in [-0.25, -0.2) is 4.98 Å². The normalized spacial score (nSPS) is 11.3. The van der Waals surface area contributed by atoms with E-state index in [1.807, 2.05) is 13.0 Å². The van der Waals surface area contributed by atoms with Crippen molar-refractivity contribution in [3.8, 4) is 29.2 Å². The lowest BCUT2D eigenvalue weighted by Crippen LogP contribution is -2.25. The lowest BCUT2D eigenvalue weighted by Gasteiger charge is -2.17. The third kappa shape index (κ3) is 4.65. The lowest BCUT2D eigenvalue weighted by atomic mass is 10.0. The van der Waals surface area contributed by atoms with Crippen LogP contribution in [0.25, 0.3) is 11.3 Å². The lowest BCUT2D eigenvalue weighted by molar-refractivity contribution is -0.115. The molecule has 162 valence electrons. The highest BCUT2D eigenvalue weighted by atomic mass is 35.5. The van der Waals surface area contributed by atoms with Crippen molar-refractivity contribution in [1.82, 2.24) is 4.98 Å². The molecule has 0 saturated carbocycles. The van der Waals surface area contributed by atoms with Crippen LogP contribution in [0.5, 0.6) is 5.75 Å². The number of nitrogens with one attached hydrogen (secondary N) is 1. The van der Waals surface area contributed by atoms with Crippen molar-refractivity contribution in [2.45, 2.75) is 23.6 Å². The molecule has 0 saturated heterocycles. The van der Waals surface area contributed by atoms with Crippen LogP contribution in [0.15, 0.2) is 46.0 Å². The molecule has 0 bridgehead atoms. The number of ether oxygens (including phenoxy) is 1. The fraction of sp³-hybridized carbons (Fsp3) is 0.182. The van der Waals surface area contributed by atoms with Crippen LogP contribution in [-0.2, 0) is 4.79 Å². The Hall–Kier alpha value is -3.66. The summed E-state index contributed by atoms with van der Waals surface area (Å²) in [6.07, 6.45) is 1.88. The SMILES string of the molecule is CCC(Sc1nc(N)c(C#N)c(-c2ccco2)c1C#N)C(=O)Nc1ccc(OC)c(Cl)c1. The van der Waals surface area contributed by atoms with Crippen LogP contribution in [0, 0.1) is 22.7 Å². The molecule has 2 heterocycles. The van der Waals surface area contributed by atoms with Crippen LogP contribution in [0.3, 0.4) is 0 Å². The monoisotopic (exact) mass is 467 g/mol. The van der Waals surface area contributed by atoms with Crippen molar-refractivity contribution in [3.05, 3.63) is 52.7 Å². The second-order valence-electron chi connectivity index (χ2n) is 6.48. The van der Waals surface area contributed by atoms with Crippen LogP contribution in [-0.4, -0.2) is 23.3 Å². The highest BCUT2D eigenvalue weighted by Crippen LogP contribution is 2.38. The summed E-state index contributed by atoms with van der Waals surface area (Å²) in [6, 6.07) is 12.2. The number of nitriles is 2. The summed E-state index contributed by atoms with van der Waals surface area (Å²) in [5.41, 5.74) is 6.93. The van der Waals surface area contributed by atoms with Crippen molar-refractivity contribution >= 4 is 40.8 Å². The molecule has 10 heteroatoms. The smallest absolute Gasteiger partial charge is 0.237 e. The number of hydrogen-bond donors (Lipinski definition) is 2. The zero-order chi connectivity index (χ0) is 23.3. The molecular weight excluding hydrogens is 450 g/mol. The van der Waals surface area contributed by atoms with E-state index in [4.69, 9.17) is 26.5 Å². The number of hydrogen-bond acceptors (Lipinski definition) is 8. The molecule has 3 N–H and O–H groups in total. The highest BCUT2D eigenvalue weighted by molar-refractivity contribution is 8.00. The van der Waals surface area contributed by atoms with E-state index in [-0.39, 0.29) is 33.4 Å². The molecule has 0 spiro atoms. The second kappa shape index (κ2) is 10.1. The van der Waals surface area contributed by atoms with Crippen molar-refractivity contribution < 1.29 is 13.9 Å². The van der Waals surface area contributed by atoms with E-state index in [1.54, 1.807) is 30.3 Å². The number of methoxy groups -OCH3 is 1. The number of aromatic nitrogens is 1. The van der Waals surface area contributed by atoms with Crippen LogP contribution < -0.4 is 15.8 Å². The van der Waals surface area contributed by atoms with E-state index < -0.39 is 5.25 Å². The average molecular weight is 468 g/mol. The van der Waals surface area contributed by atoms with Crippen LogP contribution >= 0.6 is 23.4 Å². The number of amides is 1. The summed E-state index contributed by atoms with van der Waals surface area (Å²) in [6.45, 7) is 1.84. The zero-order valence-corrected chi connectivity index (χ0v) is 18.8. The molecular formula is C22H18ClN5O3S. The topological polar surface area (TPSA) is 138 Å². The van der Waals surface area contributed by atoms with Gasteiger partial charge in [0.05, 0.1) is 34.8 Å². The summed E-state index contributed by atoms with van der Waals surface area (Å²) in [5.74, 6) is 0.469. The number of carbonyl (C=O) groups excluding carboxylic acids is 1. The molecule has 1 aromatic carbocycles. The number of nitrogens with two attached hydrogens (primary N) is 1. The number of carbonyl (C=O) groups is 1. The molecule has 32 heavy (non-hydrogen) atoms. The fourth-order valence-electron chi connectivity index (χ4n) is 2.97. The quantitative estimate of drug-likeness (QED) is 0.470. The van der Waals surface area contributed by atoms with Crippen molar-refractivity contribution in [3.63, 3.8) is 0 Å². The number of nitrogens with zero attached hydrogens (tertiary/aromatic N) is 3. The standard InChI is InChI=1S/C22H18ClN5O3S/c1-3-18(21(29)27-12-6-7-16(30-2)15(23)9-12)32-22-14(11-25)19(17-5-4-8-31-17)13(10-24)20(26)28-22/h4-9,18H,3H2,1-2H3,(H2,26,28)(H,27,29). The van der Waals surface area contributed by atoms with Gasteiger partial charge in [-0.3, -0.25) is 4.79 Å². The molecule has 3 aromatic rings. The maximum atomic E-state index is 12.9. The summed E-state index contributed by atoms with van der Waals surface area (Å²) in [4.78, 5) is 17.2. The first-order valence-electron chi connectivity index (χ1n) is 9.42. The van der Waals surface area contributed by atoms with Gasteiger partial charge in [-0.1, -0.05) is 30.3 Å². The second-order valence-corrected chi connectivity index (χ2v) is 8.08. The summed E-state index contributed by atoms with van der Waals surface area (Å²) < 4.78 is 10.5. The number of nitrogen functional groups attached to an aromatic ring is 1. The minimum Gasteiger partial charge on any atom is -0.495 e. The van der Waals surface area contributed by atoms with Crippen molar-refractivity contribution in [1.29, 1.82) is 10.5 Å². The Kier molecular flexibility index (Phi) is 7.26. The van der Waals surface area contributed by atoms with Gasteiger partial charge in [0.2, 0.25) is 5.91 Å². The van der Waals surface area contributed by atoms with E-state index in [0.29, 0.717) is 28.6 Å². The van der Waals surface area contributed by atoms with E-state index in [0.717, 1.165) is 11.8 Å². The van der Waals surface area contributed by atoms with Gasteiger partial charge in [0.15, 0.2) is 0 Å². The molecule has 1 atom stereocenters. The number of thioether (sulfide) groups is 1. The summed E-state index contributed by atoms with van der Waals surface area (Å²) in [7, 11) is 1.50. The summed E-state index contributed by atoms with van der Waals surface area (Å²) >= 11 is 7.22. The maximum absolute atomic E-state index is 12.9. The van der Waals surface area contributed by atoms with Crippen LogP contribution in [0.4, 0.5) is 11.5 Å². The fourth-order valence-corrected chi connectivity index (χ4v) is 4.25. The van der Waals surface area contributed by atoms with Gasteiger partial charge in [-0.05, 0) is 36.8 Å².